The van der Waals surface area contributed by atoms with Crippen LogP contribution < -0.4 is 20.1 Å². The van der Waals surface area contributed by atoms with Crippen molar-refractivity contribution in [3.05, 3.63) is 59.8 Å². The predicted molar refractivity (Wildman–Crippen MR) is 119 cm³/mol. The Bertz CT molecular complexity index is 1380. The lowest BCUT2D eigenvalue weighted by atomic mass is 9.91. The summed E-state index contributed by atoms with van der Waals surface area (Å²) >= 11 is 0. The highest BCUT2D eigenvalue weighted by Gasteiger charge is 2.65. The second-order valence-corrected chi connectivity index (χ2v) is 8.04. The molecule has 1 amide bonds. The van der Waals surface area contributed by atoms with E-state index >= 15 is 0 Å². The molecule has 1 spiro atoms. The van der Waals surface area contributed by atoms with Crippen LogP contribution in [0, 0.1) is 0 Å². The zero-order valence-corrected chi connectivity index (χ0v) is 17.5. The van der Waals surface area contributed by atoms with Gasteiger partial charge in [-0.3, -0.25) is 9.89 Å². The number of H-pyrrole nitrogens is 1. The largest absolute Gasteiger partial charge is 0.497 e. The van der Waals surface area contributed by atoms with E-state index in [1.807, 2.05) is 24.3 Å². The molecule has 2 aromatic heterocycles. The predicted octanol–water partition coefficient (Wildman–Crippen LogP) is 3.49. The smallest absolute Gasteiger partial charge is 0.235 e. The molecule has 3 N–H and O–H groups in total. The Morgan fingerprint density at radius 2 is 2.00 bits per heavy atom. The van der Waals surface area contributed by atoms with Crippen LogP contribution in [0.2, 0.25) is 0 Å². The van der Waals surface area contributed by atoms with Gasteiger partial charge in [-0.1, -0.05) is 6.07 Å². The van der Waals surface area contributed by atoms with Gasteiger partial charge >= 0.3 is 0 Å². The lowest BCUT2D eigenvalue weighted by Gasteiger charge is -2.10. The van der Waals surface area contributed by atoms with Crippen molar-refractivity contribution in [1.82, 2.24) is 20.4 Å². The zero-order chi connectivity index (χ0) is 21.9. The van der Waals surface area contributed by atoms with E-state index in [0.29, 0.717) is 17.4 Å². The summed E-state index contributed by atoms with van der Waals surface area (Å²) in [6.07, 6.45) is 2.33. The third-order valence-electron chi connectivity index (χ3n) is 6.45. The minimum absolute atomic E-state index is 0.0487. The fourth-order valence-electron chi connectivity index (χ4n) is 4.73. The molecule has 160 valence electrons. The summed E-state index contributed by atoms with van der Waals surface area (Å²) in [7, 11) is 3.22. The number of anilines is 3. The molecule has 0 saturated heterocycles. The first-order valence-corrected chi connectivity index (χ1v) is 10.2. The van der Waals surface area contributed by atoms with Gasteiger partial charge in [-0.15, -0.1) is 5.10 Å². The fraction of sp³-hybridized carbons (Fsp3) is 0.217. The van der Waals surface area contributed by atoms with E-state index in [9.17, 15) is 4.79 Å². The van der Waals surface area contributed by atoms with Gasteiger partial charge in [0.2, 0.25) is 5.91 Å². The third kappa shape index (κ3) is 2.57. The molecule has 2 aliphatic rings. The summed E-state index contributed by atoms with van der Waals surface area (Å²) in [6, 6.07) is 13.6. The molecular weight excluding hydrogens is 408 g/mol. The van der Waals surface area contributed by atoms with Gasteiger partial charge in [0.15, 0.2) is 17.4 Å². The van der Waals surface area contributed by atoms with Gasteiger partial charge < -0.3 is 20.1 Å². The van der Waals surface area contributed by atoms with Crippen LogP contribution in [0.1, 0.15) is 23.5 Å². The maximum atomic E-state index is 12.9. The van der Waals surface area contributed by atoms with Gasteiger partial charge in [-0.25, -0.2) is 0 Å². The summed E-state index contributed by atoms with van der Waals surface area (Å²) in [5, 5.41) is 22.6. The molecule has 2 atom stereocenters. The molecule has 9 nitrogen and oxygen atoms in total. The van der Waals surface area contributed by atoms with E-state index in [-0.39, 0.29) is 11.8 Å². The molecule has 1 saturated carbocycles. The Hall–Kier alpha value is -4.14. The monoisotopic (exact) mass is 428 g/mol. The molecule has 6 rings (SSSR count). The highest BCUT2D eigenvalue weighted by Crippen LogP contribution is 2.65. The van der Waals surface area contributed by atoms with E-state index in [2.05, 4.69) is 43.2 Å². The first-order chi connectivity index (χ1) is 15.6. The number of amides is 1. The molecular formula is C23H20N6O3. The van der Waals surface area contributed by atoms with Gasteiger partial charge in [0.25, 0.3) is 0 Å². The number of hydrogen-bond acceptors (Lipinski definition) is 7. The summed E-state index contributed by atoms with van der Waals surface area (Å²) in [4.78, 5) is 12.9. The number of methoxy groups -OCH3 is 2. The summed E-state index contributed by atoms with van der Waals surface area (Å²) in [6.45, 7) is 0. The lowest BCUT2D eigenvalue weighted by Crippen LogP contribution is -2.21. The van der Waals surface area contributed by atoms with Crippen molar-refractivity contribution in [1.29, 1.82) is 0 Å². The molecule has 3 heterocycles. The minimum Gasteiger partial charge on any atom is -0.497 e. The average molecular weight is 428 g/mol. The average Bonchev–Trinajstić information content (AvgIpc) is 3.38. The fourth-order valence-corrected chi connectivity index (χ4v) is 4.73. The van der Waals surface area contributed by atoms with E-state index < -0.39 is 5.41 Å². The lowest BCUT2D eigenvalue weighted by molar-refractivity contribution is -0.118. The van der Waals surface area contributed by atoms with Gasteiger partial charge in [0.1, 0.15) is 5.75 Å². The number of nitrogens with zero attached hydrogens (tertiary/aromatic N) is 3. The SMILES string of the molecule is COc1ccc2c(c1)[C@]1(C[C@H]1c1ccc3c(Nc4nnccc4OC)n[nH]c3c1)C(=O)N2. The van der Waals surface area contributed by atoms with Gasteiger partial charge in [0.05, 0.1) is 31.3 Å². The van der Waals surface area contributed by atoms with Crippen molar-refractivity contribution >= 4 is 34.1 Å². The Labute approximate surface area is 183 Å². The highest BCUT2D eigenvalue weighted by atomic mass is 16.5. The summed E-state index contributed by atoms with van der Waals surface area (Å²) in [5.74, 6) is 2.59. The number of nitrogens with one attached hydrogen (secondary N) is 3. The van der Waals surface area contributed by atoms with Gasteiger partial charge in [0, 0.05) is 23.1 Å². The van der Waals surface area contributed by atoms with Crippen molar-refractivity contribution in [2.75, 3.05) is 24.9 Å². The molecule has 1 fully saturated rings. The topological polar surface area (TPSA) is 114 Å². The van der Waals surface area contributed by atoms with Crippen LogP contribution in [0.5, 0.6) is 11.5 Å². The normalized spacial score (nSPS) is 20.8. The first kappa shape index (κ1) is 18.6. The molecule has 0 bridgehead atoms. The number of hydrogen-bond donors (Lipinski definition) is 3. The first-order valence-electron chi connectivity index (χ1n) is 10.2. The molecule has 1 aliphatic carbocycles. The number of aromatic amines is 1. The molecule has 2 aromatic carbocycles. The van der Waals surface area contributed by atoms with Crippen LogP contribution in [-0.4, -0.2) is 40.5 Å². The van der Waals surface area contributed by atoms with E-state index in [1.165, 1.54) is 0 Å². The van der Waals surface area contributed by atoms with Crippen molar-refractivity contribution in [3.63, 3.8) is 0 Å². The molecule has 32 heavy (non-hydrogen) atoms. The van der Waals surface area contributed by atoms with Crippen molar-refractivity contribution in [3.8, 4) is 11.5 Å². The standard InChI is InChI=1S/C23H20N6O3/c1-31-13-4-6-17-15(10-13)23(22(30)25-17)11-16(23)12-3-5-14-18(9-12)27-29-20(14)26-21-19(32-2)7-8-24-28-21/h3-10,16H,11H2,1-2H3,(H,25,30)(H2,26,27,28,29)/t16-,23-/m0/s1. The van der Waals surface area contributed by atoms with Crippen LogP contribution in [-0.2, 0) is 10.2 Å². The zero-order valence-electron chi connectivity index (χ0n) is 17.5. The summed E-state index contributed by atoms with van der Waals surface area (Å²) < 4.78 is 10.7. The molecule has 0 radical (unpaired) electrons. The van der Waals surface area contributed by atoms with Crippen LogP contribution in [0.3, 0.4) is 0 Å². The number of benzene rings is 2. The minimum atomic E-state index is -0.536. The number of ether oxygens (including phenoxy) is 2. The molecule has 4 aromatic rings. The maximum absolute atomic E-state index is 12.9. The maximum Gasteiger partial charge on any atom is 0.235 e. The van der Waals surface area contributed by atoms with Crippen molar-refractivity contribution < 1.29 is 14.3 Å². The molecule has 9 heteroatoms. The second kappa shape index (κ2) is 6.68. The third-order valence-corrected chi connectivity index (χ3v) is 6.45. The summed E-state index contributed by atoms with van der Waals surface area (Å²) in [5.41, 5.74) is 3.31. The van der Waals surface area contributed by atoms with E-state index in [4.69, 9.17) is 9.47 Å². The van der Waals surface area contributed by atoms with Crippen molar-refractivity contribution in [2.24, 2.45) is 0 Å². The quantitative estimate of drug-likeness (QED) is 0.446. The van der Waals surface area contributed by atoms with Gasteiger partial charge in [-0.2, -0.15) is 10.2 Å². The Balaban J connectivity index is 1.33. The number of carbonyl (C=O) groups excluding carboxylic acids is 1. The number of aromatic nitrogens is 4. The second-order valence-electron chi connectivity index (χ2n) is 8.04. The van der Waals surface area contributed by atoms with Crippen LogP contribution in [0.4, 0.5) is 17.3 Å². The van der Waals surface area contributed by atoms with E-state index in [1.54, 1.807) is 26.5 Å². The Kier molecular flexibility index (Phi) is 3.89. The van der Waals surface area contributed by atoms with Crippen LogP contribution in [0.15, 0.2) is 48.7 Å². The van der Waals surface area contributed by atoms with E-state index in [0.717, 1.165) is 39.9 Å². The molecule has 1 aliphatic heterocycles. The Morgan fingerprint density at radius 1 is 1.09 bits per heavy atom. The molecule has 0 unspecified atom stereocenters. The number of carbonyl (C=O) groups is 1. The van der Waals surface area contributed by atoms with Crippen LogP contribution in [0.25, 0.3) is 10.9 Å². The van der Waals surface area contributed by atoms with Crippen molar-refractivity contribution in [2.45, 2.75) is 17.8 Å². The number of rotatable bonds is 5. The van der Waals surface area contributed by atoms with Gasteiger partial charge in [-0.05, 0) is 47.9 Å². The Morgan fingerprint density at radius 3 is 2.84 bits per heavy atom. The van der Waals surface area contributed by atoms with Crippen LogP contribution >= 0.6 is 0 Å². The number of fused-ring (bicyclic) bond motifs is 3. The highest BCUT2D eigenvalue weighted by molar-refractivity contribution is 6.10.